The Bertz CT molecular complexity index is 37.9. The molecule has 0 rings (SSSR count). The molecule has 0 aliphatic carbocycles. The van der Waals surface area contributed by atoms with Crippen LogP contribution in [0, 0.1) is 0 Å². The standard InChI is InChI=1S/C4H13N3/c1-6-7(2)4-3-5/h6H,3-5H2,1-2H3. The second-order valence-corrected chi connectivity index (χ2v) is 1.43. The number of likely N-dealkylation sites (N-methyl/N-ethyl adjacent to an activating group) is 1. The molecule has 0 fully saturated rings. The molecule has 7 heavy (non-hydrogen) atoms. The van der Waals surface area contributed by atoms with Gasteiger partial charge in [-0.15, -0.1) is 0 Å². The van der Waals surface area contributed by atoms with E-state index >= 15 is 0 Å². The van der Waals surface area contributed by atoms with Crippen LogP contribution in [0.4, 0.5) is 0 Å². The van der Waals surface area contributed by atoms with E-state index in [1.54, 1.807) is 0 Å². The van der Waals surface area contributed by atoms with E-state index in [0.717, 1.165) is 6.54 Å². The smallest absolute Gasteiger partial charge is 0.0250 e. The number of hydrogen-bond donors (Lipinski definition) is 2. The summed E-state index contributed by atoms with van der Waals surface area (Å²) in [5.74, 6) is 0. The molecule has 44 valence electrons. The SMILES string of the molecule is CNN(C)CCN. The molecular formula is C4H13N3. The van der Waals surface area contributed by atoms with Crippen molar-refractivity contribution >= 4 is 0 Å². The second-order valence-electron chi connectivity index (χ2n) is 1.43. The van der Waals surface area contributed by atoms with Crippen LogP contribution < -0.4 is 11.2 Å². The highest BCUT2D eigenvalue weighted by molar-refractivity contribution is 4.39. The van der Waals surface area contributed by atoms with Gasteiger partial charge in [-0.1, -0.05) is 0 Å². The predicted octanol–water partition coefficient (Wildman–Crippen LogP) is -0.989. The zero-order valence-corrected chi connectivity index (χ0v) is 4.94. The molecule has 0 bridgehead atoms. The first-order valence-corrected chi connectivity index (χ1v) is 2.40. The summed E-state index contributed by atoms with van der Waals surface area (Å²) in [6, 6.07) is 0. The Hall–Kier alpha value is -0.120. The highest BCUT2D eigenvalue weighted by Gasteiger charge is 1.85. The summed E-state index contributed by atoms with van der Waals surface area (Å²) in [5.41, 5.74) is 8.14. The van der Waals surface area contributed by atoms with Gasteiger partial charge < -0.3 is 5.73 Å². The fraction of sp³-hybridized carbons (Fsp3) is 1.00. The van der Waals surface area contributed by atoms with Crippen molar-refractivity contribution in [3.63, 3.8) is 0 Å². The minimum absolute atomic E-state index is 0.706. The summed E-state index contributed by atoms with van der Waals surface area (Å²) in [7, 11) is 3.82. The molecule has 0 atom stereocenters. The van der Waals surface area contributed by atoms with Crippen LogP contribution in [0.1, 0.15) is 0 Å². The van der Waals surface area contributed by atoms with Crippen molar-refractivity contribution in [2.24, 2.45) is 5.73 Å². The van der Waals surface area contributed by atoms with E-state index in [-0.39, 0.29) is 0 Å². The van der Waals surface area contributed by atoms with E-state index in [0.29, 0.717) is 6.54 Å². The Labute approximate surface area is 44.5 Å². The number of nitrogens with one attached hydrogen (secondary N) is 1. The predicted molar refractivity (Wildman–Crippen MR) is 30.7 cm³/mol. The van der Waals surface area contributed by atoms with Gasteiger partial charge in [-0.2, -0.15) is 0 Å². The van der Waals surface area contributed by atoms with E-state index in [1.807, 2.05) is 19.1 Å². The number of rotatable bonds is 3. The quantitative estimate of drug-likeness (QED) is 0.451. The molecule has 0 heterocycles. The molecule has 0 spiro atoms. The van der Waals surface area contributed by atoms with Gasteiger partial charge in [0.05, 0.1) is 0 Å². The van der Waals surface area contributed by atoms with E-state index in [4.69, 9.17) is 5.73 Å². The van der Waals surface area contributed by atoms with Gasteiger partial charge in [-0.05, 0) is 7.05 Å². The van der Waals surface area contributed by atoms with Gasteiger partial charge in [0.2, 0.25) is 0 Å². The van der Waals surface area contributed by atoms with Crippen molar-refractivity contribution in [1.29, 1.82) is 0 Å². The van der Waals surface area contributed by atoms with E-state index in [1.165, 1.54) is 0 Å². The molecule has 3 heteroatoms. The van der Waals surface area contributed by atoms with Crippen LogP contribution in [0.15, 0.2) is 0 Å². The fourth-order valence-electron chi connectivity index (χ4n) is 0.305. The summed E-state index contributed by atoms with van der Waals surface area (Å²) in [4.78, 5) is 0. The van der Waals surface area contributed by atoms with E-state index in [9.17, 15) is 0 Å². The summed E-state index contributed by atoms with van der Waals surface area (Å²) in [6.45, 7) is 1.60. The molecule has 0 aliphatic rings. The lowest BCUT2D eigenvalue weighted by molar-refractivity contribution is 0.268. The zero-order valence-electron chi connectivity index (χ0n) is 4.94. The fourth-order valence-corrected chi connectivity index (χ4v) is 0.305. The lowest BCUT2D eigenvalue weighted by Gasteiger charge is -2.11. The van der Waals surface area contributed by atoms with Crippen molar-refractivity contribution in [3.8, 4) is 0 Å². The number of hydrogen-bond acceptors (Lipinski definition) is 3. The van der Waals surface area contributed by atoms with Crippen LogP contribution in [0.25, 0.3) is 0 Å². The monoisotopic (exact) mass is 103 g/mol. The lowest BCUT2D eigenvalue weighted by atomic mass is 10.6. The Morgan fingerprint density at radius 2 is 2.29 bits per heavy atom. The van der Waals surface area contributed by atoms with E-state index in [2.05, 4.69) is 5.43 Å². The largest absolute Gasteiger partial charge is 0.329 e. The number of hydrazine groups is 1. The minimum Gasteiger partial charge on any atom is -0.329 e. The molecule has 3 N–H and O–H groups in total. The maximum Gasteiger partial charge on any atom is 0.0250 e. The first-order valence-electron chi connectivity index (χ1n) is 2.40. The van der Waals surface area contributed by atoms with E-state index < -0.39 is 0 Å². The summed E-state index contributed by atoms with van der Waals surface area (Å²) in [5, 5.41) is 1.93. The van der Waals surface area contributed by atoms with Crippen molar-refractivity contribution in [3.05, 3.63) is 0 Å². The Kier molecular flexibility index (Phi) is 3.98. The van der Waals surface area contributed by atoms with Crippen LogP contribution in [0.5, 0.6) is 0 Å². The molecule has 0 unspecified atom stereocenters. The first kappa shape index (κ1) is 6.88. The minimum atomic E-state index is 0.706. The Morgan fingerprint density at radius 1 is 1.71 bits per heavy atom. The average Bonchev–Trinajstić information content (AvgIpc) is 1.68. The van der Waals surface area contributed by atoms with Crippen molar-refractivity contribution < 1.29 is 0 Å². The van der Waals surface area contributed by atoms with Crippen molar-refractivity contribution in [1.82, 2.24) is 10.4 Å². The van der Waals surface area contributed by atoms with Gasteiger partial charge >= 0.3 is 0 Å². The molecule has 0 aromatic carbocycles. The van der Waals surface area contributed by atoms with Crippen LogP contribution in [0.3, 0.4) is 0 Å². The van der Waals surface area contributed by atoms with Crippen LogP contribution in [0.2, 0.25) is 0 Å². The van der Waals surface area contributed by atoms with Gasteiger partial charge in [-0.3, -0.25) is 5.43 Å². The first-order chi connectivity index (χ1) is 3.31. The summed E-state index contributed by atoms with van der Waals surface area (Å²) >= 11 is 0. The molecule has 0 aromatic heterocycles. The molecule has 0 saturated carbocycles. The third-order valence-corrected chi connectivity index (χ3v) is 0.846. The Balaban J connectivity index is 2.83. The third kappa shape index (κ3) is 3.72. The van der Waals surface area contributed by atoms with Crippen LogP contribution in [-0.2, 0) is 0 Å². The van der Waals surface area contributed by atoms with Crippen LogP contribution in [-0.4, -0.2) is 32.2 Å². The summed E-state index contributed by atoms with van der Waals surface area (Å²) < 4.78 is 0. The average molecular weight is 103 g/mol. The number of nitrogens with zero attached hydrogens (tertiary/aromatic N) is 1. The van der Waals surface area contributed by atoms with Crippen molar-refractivity contribution in [2.75, 3.05) is 27.2 Å². The van der Waals surface area contributed by atoms with Gasteiger partial charge in [-0.25, -0.2) is 5.01 Å². The molecule has 0 amide bonds. The lowest BCUT2D eigenvalue weighted by Crippen LogP contribution is -2.34. The highest BCUT2D eigenvalue weighted by Crippen LogP contribution is 1.64. The summed E-state index contributed by atoms with van der Waals surface area (Å²) in [6.07, 6.45) is 0. The molecule has 0 saturated heterocycles. The maximum absolute atomic E-state index is 5.22. The number of nitrogens with two attached hydrogens (primary N) is 1. The van der Waals surface area contributed by atoms with Gasteiger partial charge in [0, 0.05) is 20.1 Å². The van der Waals surface area contributed by atoms with Crippen LogP contribution >= 0.6 is 0 Å². The molecule has 0 aliphatic heterocycles. The van der Waals surface area contributed by atoms with Gasteiger partial charge in [0.25, 0.3) is 0 Å². The third-order valence-electron chi connectivity index (χ3n) is 0.846. The van der Waals surface area contributed by atoms with Crippen molar-refractivity contribution in [2.45, 2.75) is 0 Å². The molecular weight excluding hydrogens is 90.1 g/mol. The maximum atomic E-state index is 5.22. The Morgan fingerprint density at radius 3 is 2.43 bits per heavy atom. The molecule has 0 radical (unpaired) electrons. The molecule has 0 aromatic rings. The molecule has 3 nitrogen and oxygen atoms in total. The second kappa shape index (κ2) is 4.05. The highest BCUT2D eigenvalue weighted by atomic mass is 15.5. The van der Waals surface area contributed by atoms with Gasteiger partial charge in [0.1, 0.15) is 0 Å². The topological polar surface area (TPSA) is 41.3 Å². The normalized spacial score (nSPS) is 10.3. The zero-order chi connectivity index (χ0) is 5.70. The van der Waals surface area contributed by atoms with Gasteiger partial charge in [0.15, 0.2) is 0 Å².